The lowest BCUT2D eigenvalue weighted by Crippen LogP contribution is -2.04. The molecule has 0 saturated heterocycles. The summed E-state index contributed by atoms with van der Waals surface area (Å²) in [6.07, 6.45) is 1.87. The van der Waals surface area contributed by atoms with Crippen LogP contribution in [0.25, 0.3) is 5.69 Å². The van der Waals surface area contributed by atoms with Gasteiger partial charge < -0.3 is 5.11 Å². The number of aryl methyl sites for hydroxylation is 1. The van der Waals surface area contributed by atoms with E-state index in [4.69, 9.17) is 16.7 Å². The van der Waals surface area contributed by atoms with Crippen LogP contribution in [0.1, 0.15) is 12.0 Å². The van der Waals surface area contributed by atoms with E-state index in [1.165, 1.54) is 11.0 Å². The van der Waals surface area contributed by atoms with E-state index in [0.717, 1.165) is 11.3 Å². The van der Waals surface area contributed by atoms with E-state index < -0.39 is 5.97 Å². The number of aliphatic carboxylic acids is 1. The van der Waals surface area contributed by atoms with E-state index in [-0.39, 0.29) is 6.42 Å². The minimum Gasteiger partial charge on any atom is -0.481 e. The first kappa shape index (κ1) is 11.5. The Labute approximate surface area is 102 Å². The number of tetrazole rings is 1. The molecule has 88 valence electrons. The molecule has 17 heavy (non-hydrogen) atoms. The highest BCUT2D eigenvalue weighted by Crippen LogP contribution is 2.20. The Morgan fingerprint density at radius 1 is 1.47 bits per heavy atom. The maximum atomic E-state index is 10.6. The smallest absolute Gasteiger partial charge is 0.303 e. The summed E-state index contributed by atoms with van der Waals surface area (Å²) in [7, 11) is 0. The molecule has 0 amide bonds. The summed E-state index contributed by atoms with van der Waals surface area (Å²) in [5.41, 5.74) is 1.54. The maximum absolute atomic E-state index is 10.6. The average Bonchev–Trinajstić information content (AvgIpc) is 2.80. The van der Waals surface area contributed by atoms with Gasteiger partial charge in [0.05, 0.1) is 5.69 Å². The van der Waals surface area contributed by atoms with Crippen LogP contribution < -0.4 is 0 Å². The zero-order chi connectivity index (χ0) is 12.3. The highest BCUT2D eigenvalue weighted by atomic mass is 35.5. The largest absolute Gasteiger partial charge is 0.481 e. The molecular formula is C10H9ClN4O2. The minimum absolute atomic E-state index is 0.0372. The van der Waals surface area contributed by atoms with Gasteiger partial charge in [0.1, 0.15) is 6.33 Å². The van der Waals surface area contributed by atoms with E-state index in [1.807, 2.05) is 0 Å². The number of hydrogen-bond acceptors (Lipinski definition) is 4. The number of hydrogen-bond donors (Lipinski definition) is 1. The van der Waals surface area contributed by atoms with Crippen LogP contribution in [-0.2, 0) is 11.2 Å². The summed E-state index contributed by atoms with van der Waals surface area (Å²) in [5.74, 6) is -0.854. The molecule has 0 radical (unpaired) electrons. The first-order valence-electron chi connectivity index (χ1n) is 4.90. The van der Waals surface area contributed by atoms with Gasteiger partial charge in [-0.1, -0.05) is 11.6 Å². The molecule has 6 nitrogen and oxygen atoms in total. The summed E-state index contributed by atoms with van der Waals surface area (Å²) in [6, 6.07) is 5.19. The van der Waals surface area contributed by atoms with Crippen LogP contribution in [0.15, 0.2) is 24.5 Å². The first-order chi connectivity index (χ1) is 8.16. The van der Waals surface area contributed by atoms with E-state index in [0.29, 0.717) is 11.4 Å². The molecule has 0 atom stereocenters. The molecule has 1 N–H and O–H groups in total. The Morgan fingerprint density at radius 2 is 2.29 bits per heavy atom. The fourth-order valence-corrected chi connectivity index (χ4v) is 1.69. The predicted molar refractivity (Wildman–Crippen MR) is 60.1 cm³/mol. The van der Waals surface area contributed by atoms with Crippen molar-refractivity contribution < 1.29 is 9.90 Å². The van der Waals surface area contributed by atoms with Gasteiger partial charge in [-0.2, -0.15) is 0 Å². The zero-order valence-electron chi connectivity index (χ0n) is 8.75. The molecule has 1 aromatic heterocycles. The predicted octanol–water partition coefficient (Wildman–Crippen LogP) is 1.33. The summed E-state index contributed by atoms with van der Waals surface area (Å²) in [4.78, 5) is 10.6. The molecule has 2 aromatic rings. The van der Waals surface area contributed by atoms with Crippen molar-refractivity contribution >= 4 is 17.6 Å². The lowest BCUT2D eigenvalue weighted by Gasteiger charge is -2.07. The Hall–Kier alpha value is -1.95. The van der Waals surface area contributed by atoms with Crippen molar-refractivity contribution in [2.24, 2.45) is 0 Å². The topological polar surface area (TPSA) is 80.9 Å². The molecular weight excluding hydrogens is 244 g/mol. The second kappa shape index (κ2) is 4.92. The third-order valence-corrected chi connectivity index (χ3v) is 2.48. The van der Waals surface area contributed by atoms with Crippen molar-refractivity contribution in [3.8, 4) is 5.69 Å². The van der Waals surface area contributed by atoms with Crippen molar-refractivity contribution in [2.75, 3.05) is 0 Å². The van der Waals surface area contributed by atoms with Gasteiger partial charge in [-0.25, -0.2) is 4.68 Å². The lowest BCUT2D eigenvalue weighted by atomic mass is 10.1. The van der Waals surface area contributed by atoms with Crippen LogP contribution in [0.5, 0.6) is 0 Å². The zero-order valence-corrected chi connectivity index (χ0v) is 9.50. The van der Waals surface area contributed by atoms with Crippen molar-refractivity contribution in [1.82, 2.24) is 20.2 Å². The molecule has 0 unspecified atom stereocenters. The number of carboxylic acids is 1. The summed E-state index contributed by atoms with van der Waals surface area (Å²) in [6.45, 7) is 0. The van der Waals surface area contributed by atoms with Gasteiger partial charge in [0.15, 0.2) is 0 Å². The maximum Gasteiger partial charge on any atom is 0.303 e. The summed E-state index contributed by atoms with van der Waals surface area (Å²) in [5, 5.41) is 20.1. The molecule has 1 aromatic carbocycles. The Morgan fingerprint density at radius 3 is 2.94 bits per heavy atom. The van der Waals surface area contributed by atoms with Crippen LogP contribution in [0.4, 0.5) is 0 Å². The third kappa shape index (κ3) is 2.79. The second-order valence-corrected chi connectivity index (χ2v) is 3.86. The molecule has 2 rings (SSSR count). The highest BCUT2D eigenvalue weighted by Gasteiger charge is 2.08. The van der Waals surface area contributed by atoms with Gasteiger partial charge in [0.2, 0.25) is 0 Å². The van der Waals surface area contributed by atoms with Crippen LogP contribution in [0, 0.1) is 0 Å². The van der Waals surface area contributed by atoms with E-state index in [1.54, 1.807) is 18.2 Å². The normalized spacial score (nSPS) is 10.4. The first-order valence-corrected chi connectivity index (χ1v) is 5.28. The number of rotatable bonds is 4. The molecule has 0 aliphatic heterocycles. The van der Waals surface area contributed by atoms with E-state index >= 15 is 0 Å². The Balaban J connectivity index is 2.34. The quantitative estimate of drug-likeness (QED) is 0.888. The standard InChI is InChI=1S/C10H9ClN4O2/c11-8-2-3-9(15-6-12-13-14-15)7(5-8)1-4-10(16)17/h2-3,5-6H,1,4H2,(H,16,17). The van der Waals surface area contributed by atoms with Crippen LogP contribution in [-0.4, -0.2) is 31.3 Å². The minimum atomic E-state index is -0.854. The second-order valence-electron chi connectivity index (χ2n) is 3.42. The number of halogens is 1. The SMILES string of the molecule is O=C(O)CCc1cc(Cl)ccc1-n1cnnn1. The van der Waals surface area contributed by atoms with Crippen LogP contribution in [0.3, 0.4) is 0 Å². The highest BCUT2D eigenvalue weighted by molar-refractivity contribution is 6.30. The molecule has 0 saturated carbocycles. The van der Waals surface area contributed by atoms with Gasteiger partial charge in [0, 0.05) is 11.4 Å². The van der Waals surface area contributed by atoms with Gasteiger partial charge >= 0.3 is 5.97 Å². The van der Waals surface area contributed by atoms with Gasteiger partial charge in [0.25, 0.3) is 0 Å². The molecule has 0 aliphatic carbocycles. The number of nitrogens with zero attached hydrogens (tertiary/aromatic N) is 4. The Bertz CT molecular complexity index is 527. The van der Waals surface area contributed by atoms with Gasteiger partial charge in [-0.3, -0.25) is 4.79 Å². The number of carboxylic acid groups (broad SMARTS) is 1. The molecule has 7 heteroatoms. The number of aromatic nitrogens is 4. The van der Waals surface area contributed by atoms with Gasteiger partial charge in [-0.05, 0) is 40.6 Å². The van der Waals surface area contributed by atoms with Gasteiger partial charge in [-0.15, -0.1) is 5.10 Å². The van der Waals surface area contributed by atoms with Crippen molar-refractivity contribution in [3.05, 3.63) is 35.1 Å². The molecule has 0 bridgehead atoms. The molecule has 0 spiro atoms. The Kier molecular flexibility index (Phi) is 3.34. The van der Waals surface area contributed by atoms with E-state index in [9.17, 15) is 4.79 Å². The number of benzene rings is 1. The van der Waals surface area contributed by atoms with Crippen molar-refractivity contribution in [3.63, 3.8) is 0 Å². The lowest BCUT2D eigenvalue weighted by molar-refractivity contribution is -0.136. The number of carbonyl (C=O) groups is 1. The van der Waals surface area contributed by atoms with Crippen molar-refractivity contribution in [1.29, 1.82) is 0 Å². The van der Waals surface area contributed by atoms with Crippen LogP contribution in [0.2, 0.25) is 5.02 Å². The monoisotopic (exact) mass is 252 g/mol. The molecule has 0 aliphatic rings. The fraction of sp³-hybridized carbons (Fsp3) is 0.200. The van der Waals surface area contributed by atoms with Crippen molar-refractivity contribution in [2.45, 2.75) is 12.8 Å². The molecule has 1 heterocycles. The fourth-order valence-electron chi connectivity index (χ4n) is 1.49. The summed E-state index contributed by atoms with van der Waals surface area (Å²) < 4.78 is 1.48. The average molecular weight is 253 g/mol. The summed E-state index contributed by atoms with van der Waals surface area (Å²) >= 11 is 5.89. The van der Waals surface area contributed by atoms with E-state index in [2.05, 4.69) is 15.5 Å². The molecule has 0 fully saturated rings. The van der Waals surface area contributed by atoms with Crippen LogP contribution >= 0.6 is 11.6 Å². The third-order valence-electron chi connectivity index (χ3n) is 2.25.